The first kappa shape index (κ1) is 13.3. The average Bonchev–Trinajstić information content (AvgIpc) is 2.70. The number of ether oxygens (including phenoxy) is 1. The molecule has 0 unspecified atom stereocenters. The van der Waals surface area contributed by atoms with E-state index < -0.39 is 0 Å². The van der Waals surface area contributed by atoms with Crippen molar-refractivity contribution in [2.75, 3.05) is 32.1 Å². The first-order valence-corrected chi connectivity index (χ1v) is 6.86. The van der Waals surface area contributed by atoms with Gasteiger partial charge in [0.05, 0.1) is 19.0 Å². The van der Waals surface area contributed by atoms with E-state index in [2.05, 4.69) is 10.2 Å². The van der Waals surface area contributed by atoms with Crippen molar-refractivity contribution in [3.63, 3.8) is 0 Å². The van der Waals surface area contributed by atoms with Gasteiger partial charge in [-0.05, 0) is 0 Å². The average molecular weight is 272 g/mol. The van der Waals surface area contributed by atoms with E-state index in [0.717, 1.165) is 43.8 Å². The maximum absolute atomic E-state index is 10.7. The summed E-state index contributed by atoms with van der Waals surface area (Å²) in [6.07, 6.45) is 0. The van der Waals surface area contributed by atoms with Gasteiger partial charge in [-0.2, -0.15) is 0 Å². The van der Waals surface area contributed by atoms with Crippen LogP contribution in [0.15, 0.2) is 5.16 Å². The highest BCUT2D eigenvalue weighted by molar-refractivity contribution is 7.99. The first-order valence-electron chi connectivity index (χ1n) is 5.87. The molecule has 0 saturated carbocycles. The van der Waals surface area contributed by atoms with Gasteiger partial charge in [-0.25, -0.2) is 0 Å². The molecule has 1 aliphatic rings. The second-order valence-corrected chi connectivity index (χ2v) is 5.19. The van der Waals surface area contributed by atoms with Gasteiger partial charge in [0, 0.05) is 7.05 Å². The van der Waals surface area contributed by atoms with Crippen LogP contribution in [0.4, 0.5) is 0 Å². The lowest BCUT2D eigenvalue weighted by Crippen LogP contribution is -3.12. The van der Waals surface area contributed by atoms with Crippen LogP contribution in [0, 0.1) is 0 Å². The van der Waals surface area contributed by atoms with E-state index in [4.69, 9.17) is 10.5 Å². The fraction of sp³-hybridized carbons (Fsp3) is 0.700. The maximum atomic E-state index is 10.7. The van der Waals surface area contributed by atoms with Crippen molar-refractivity contribution in [1.29, 1.82) is 0 Å². The van der Waals surface area contributed by atoms with Gasteiger partial charge in [-0.15, -0.1) is 10.2 Å². The number of aromatic nitrogens is 3. The van der Waals surface area contributed by atoms with Crippen molar-refractivity contribution < 1.29 is 14.4 Å². The number of primary amides is 1. The molecule has 1 aliphatic heterocycles. The molecule has 1 amide bonds. The van der Waals surface area contributed by atoms with Crippen molar-refractivity contribution in [3.8, 4) is 0 Å². The molecule has 0 aliphatic carbocycles. The molecule has 18 heavy (non-hydrogen) atoms. The summed E-state index contributed by atoms with van der Waals surface area (Å²) < 4.78 is 7.25. The molecular formula is C10H18N5O2S+. The molecule has 100 valence electrons. The lowest BCUT2D eigenvalue weighted by molar-refractivity contribution is -0.922. The lowest BCUT2D eigenvalue weighted by atomic mass is 10.4. The van der Waals surface area contributed by atoms with Crippen LogP contribution in [0.25, 0.3) is 0 Å². The highest BCUT2D eigenvalue weighted by atomic mass is 32.2. The van der Waals surface area contributed by atoms with E-state index >= 15 is 0 Å². The Kier molecular flexibility index (Phi) is 4.56. The molecular weight excluding hydrogens is 254 g/mol. The topological polar surface area (TPSA) is 87.5 Å². The van der Waals surface area contributed by atoms with Gasteiger partial charge in [0.2, 0.25) is 5.91 Å². The van der Waals surface area contributed by atoms with Crippen molar-refractivity contribution in [2.45, 2.75) is 11.7 Å². The van der Waals surface area contributed by atoms with Crippen LogP contribution >= 0.6 is 11.8 Å². The van der Waals surface area contributed by atoms with Crippen LogP contribution < -0.4 is 10.6 Å². The molecule has 0 aromatic carbocycles. The number of morpholine rings is 1. The number of nitrogens with zero attached hydrogens (tertiary/aromatic N) is 3. The monoisotopic (exact) mass is 272 g/mol. The second-order valence-electron chi connectivity index (χ2n) is 4.25. The zero-order valence-corrected chi connectivity index (χ0v) is 11.2. The van der Waals surface area contributed by atoms with Crippen LogP contribution in [-0.4, -0.2) is 52.7 Å². The molecule has 1 aromatic rings. The Hall–Kier alpha value is -1.12. The zero-order chi connectivity index (χ0) is 13.0. The van der Waals surface area contributed by atoms with E-state index in [1.54, 1.807) is 0 Å². The smallest absolute Gasteiger partial charge is 0.227 e. The third kappa shape index (κ3) is 3.44. The summed E-state index contributed by atoms with van der Waals surface area (Å²) in [5.74, 6) is 0.818. The maximum Gasteiger partial charge on any atom is 0.227 e. The summed E-state index contributed by atoms with van der Waals surface area (Å²) in [6.45, 7) is 4.43. The fourth-order valence-electron chi connectivity index (χ4n) is 1.82. The molecule has 8 heteroatoms. The van der Waals surface area contributed by atoms with Crippen molar-refractivity contribution >= 4 is 17.7 Å². The molecule has 3 N–H and O–H groups in total. The largest absolute Gasteiger partial charge is 0.370 e. The Balaban J connectivity index is 1.94. The Morgan fingerprint density at radius 2 is 2.22 bits per heavy atom. The number of carbonyl (C=O) groups excluding carboxylic acids is 1. The highest BCUT2D eigenvalue weighted by Gasteiger charge is 2.18. The molecule has 2 rings (SSSR count). The number of nitrogens with one attached hydrogen (secondary N) is 1. The first-order chi connectivity index (χ1) is 8.66. The molecule has 2 heterocycles. The van der Waals surface area contributed by atoms with E-state index in [-0.39, 0.29) is 11.7 Å². The van der Waals surface area contributed by atoms with Gasteiger partial charge in [0.15, 0.2) is 11.0 Å². The van der Waals surface area contributed by atoms with Crippen LogP contribution in [0.1, 0.15) is 5.82 Å². The summed E-state index contributed by atoms with van der Waals surface area (Å²) >= 11 is 1.32. The van der Waals surface area contributed by atoms with Crippen LogP contribution in [-0.2, 0) is 23.1 Å². The molecule has 1 saturated heterocycles. The molecule has 0 radical (unpaired) electrons. The SMILES string of the molecule is Cn1c(C[NH+]2CCOCC2)nnc1SCC(N)=O. The lowest BCUT2D eigenvalue weighted by Gasteiger charge is -2.23. The van der Waals surface area contributed by atoms with Gasteiger partial charge in [0.1, 0.15) is 19.6 Å². The van der Waals surface area contributed by atoms with Gasteiger partial charge < -0.3 is 19.9 Å². The van der Waals surface area contributed by atoms with Crippen LogP contribution in [0.5, 0.6) is 0 Å². The van der Waals surface area contributed by atoms with Crippen molar-refractivity contribution in [2.24, 2.45) is 12.8 Å². The summed E-state index contributed by atoms with van der Waals surface area (Å²) in [7, 11) is 1.92. The number of carbonyl (C=O) groups is 1. The minimum atomic E-state index is -0.344. The Bertz CT molecular complexity index is 416. The number of hydrogen-bond donors (Lipinski definition) is 2. The molecule has 0 atom stereocenters. The third-order valence-electron chi connectivity index (χ3n) is 2.88. The fourth-order valence-corrected chi connectivity index (χ4v) is 2.49. The number of hydrogen-bond acceptors (Lipinski definition) is 5. The number of thioether (sulfide) groups is 1. The standard InChI is InChI=1S/C10H17N5O2S/c1-14-9(6-15-2-4-17-5-3-15)12-13-10(14)18-7-8(11)16/h2-7H2,1H3,(H2,11,16)/p+1. The Morgan fingerprint density at radius 3 is 2.89 bits per heavy atom. The number of nitrogens with two attached hydrogens (primary N) is 1. The van der Waals surface area contributed by atoms with E-state index in [1.807, 2.05) is 11.6 Å². The van der Waals surface area contributed by atoms with E-state index in [1.165, 1.54) is 16.7 Å². The van der Waals surface area contributed by atoms with E-state index in [0.29, 0.717) is 0 Å². The minimum Gasteiger partial charge on any atom is -0.370 e. The second kappa shape index (κ2) is 6.17. The zero-order valence-electron chi connectivity index (χ0n) is 10.4. The minimum absolute atomic E-state index is 0.233. The quantitative estimate of drug-likeness (QED) is 0.594. The van der Waals surface area contributed by atoms with Gasteiger partial charge in [-0.1, -0.05) is 11.8 Å². The van der Waals surface area contributed by atoms with Gasteiger partial charge >= 0.3 is 0 Å². The Labute approximate surface area is 110 Å². The van der Waals surface area contributed by atoms with Gasteiger partial charge in [-0.3, -0.25) is 4.79 Å². The van der Waals surface area contributed by atoms with Crippen molar-refractivity contribution in [1.82, 2.24) is 14.8 Å². The normalized spacial score (nSPS) is 16.9. The summed E-state index contributed by atoms with van der Waals surface area (Å²) in [4.78, 5) is 12.2. The summed E-state index contributed by atoms with van der Waals surface area (Å²) in [6, 6.07) is 0. The summed E-state index contributed by atoms with van der Waals surface area (Å²) in [5.41, 5.74) is 5.11. The number of rotatable bonds is 5. The molecule has 7 nitrogen and oxygen atoms in total. The molecule has 0 spiro atoms. The van der Waals surface area contributed by atoms with E-state index in [9.17, 15) is 4.79 Å². The Morgan fingerprint density at radius 1 is 1.50 bits per heavy atom. The van der Waals surface area contributed by atoms with Crippen LogP contribution in [0.3, 0.4) is 0 Å². The van der Waals surface area contributed by atoms with Crippen molar-refractivity contribution in [3.05, 3.63) is 5.82 Å². The van der Waals surface area contributed by atoms with Gasteiger partial charge in [0.25, 0.3) is 0 Å². The highest BCUT2D eigenvalue weighted by Crippen LogP contribution is 2.14. The third-order valence-corrected chi connectivity index (χ3v) is 3.92. The predicted octanol–water partition coefficient (Wildman–Crippen LogP) is -2.19. The molecule has 0 bridgehead atoms. The number of amides is 1. The molecule has 1 aromatic heterocycles. The number of quaternary nitrogens is 1. The molecule has 1 fully saturated rings. The summed E-state index contributed by atoms with van der Waals surface area (Å²) in [5, 5.41) is 8.98. The predicted molar refractivity (Wildman–Crippen MR) is 66.1 cm³/mol. The van der Waals surface area contributed by atoms with Crippen LogP contribution in [0.2, 0.25) is 0 Å².